The second kappa shape index (κ2) is 16.2. The Morgan fingerprint density at radius 1 is 0.526 bits per heavy atom. The Morgan fingerprint density at radius 3 is 1.29 bits per heavy atom. The summed E-state index contributed by atoms with van der Waals surface area (Å²) in [5, 5.41) is 2.46. The molecule has 0 fully saturated rings. The predicted octanol–water partition coefficient (Wildman–Crippen LogP) is 9.50. The zero-order chi connectivity index (χ0) is 26.4. The third-order valence-electron chi connectivity index (χ3n) is 6.93. The van der Waals surface area contributed by atoms with Crippen LogP contribution in [0.15, 0.2) is 58.5 Å². The van der Waals surface area contributed by atoms with Crippen molar-refractivity contribution in [1.82, 2.24) is 0 Å². The zero-order valence-corrected chi connectivity index (χ0v) is 24.8. The van der Waals surface area contributed by atoms with E-state index in [-0.39, 0.29) is 10.7 Å². The van der Waals surface area contributed by atoms with Gasteiger partial charge in [-0.15, -0.1) is 0 Å². The molecule has 0 spiro atoms. The van der Waals surface area contributed by atoms with Gasteiger partial charge in [-0.25, -0.2) is 0 Å². The highest BCUT2D eigenvalue weighted by atomic mass is 32.2. The van der Waals surface area contributed by atoms with E-state index in [0.29, 0.717) is 0 Å². The van der Waals surface area contributed by atoms with Gasteiger partial charge in [-0.2, -0.15) is 0 Å². The Hall–Kier alpha value is -1.92. The van der Waals surface area contributed by atoms with E-state index in [2.05, 4.69) is 62.4 Å². The maximum absolute atomic E-state index is 5.94. The summed E-state index contributed by atoms with van der Waals surface area (Å²) >= 11 is 3.54. The molecule has 4 rings (SSSR count). The lowest BCUT2D eigenvalue weighted by molar-refractivity contribution is 0.304. The van der Waals surface area contributed by atoms with Gasteiger partial charge >= 0.3 is 0 Å². The first kappa shape index (κ1) is 29.1. The monoisotopic (exact) mass is 552 g/mol. The maximum Gasteiger partial charge on any atom is 0.134 e. The third-order valence-corrected chi connectivity index (χ3v) is 9.44. The minimum Gasteiger partial charge on any atom is -0.494 e. The Balaban J connectivity index is 1.17. The smallest absolute Gasteiger partial charge is 0.134 e. The van der Waals surface area contributed by atoms with Gasteiger partial charge in [-0.05, 0) is 61.4 Å². The molecule has 0 saturated heterocycles. The first-order chi connectivity index (χ1) is 18.8. The van der Waals surface area contributed by atoms with Gasteiger partial charge in [0.1, 0.15) is 32.3 Å². The lowest BCUT2D eigenvalue weighted by Crippen LogP contribution is -2.03. The minimum atomic E-state index is 0.150. The van der Waals surface area contributed by atoms with Gasteiger partial charge in [0.15, 0.2) is 0 Å². The molecule has 0 bridgehead atoms. The second-order valence-corrected chi connectivity index (χ2v) is 12.4. The molecule has 206 valence electrons. The summed E-state index contributed by atoms with van der Waals surface area (Å²) in [6.45, 7) is 6.11. The summed E-state index contributed by atoms with van der Waals surface area (Å²) in [6.07, 6.45) is 15.4. The summed E-state index contributed by atoms with van der Waals surface area (Å²) < 4.78 is 11.9. The molecule has 38 heavy (non-hydrogen) atoms. The number of hydrogen-bond acceptors (Lipinski definition) is 6. The fraction of sp³-hybridized carbons (Fsp3) is 0.562. The lowest BCUT2D eigenvalue weighted by Gasteiger charge is -2.08. The second-order valence-electron chi connectivity index (χ2n) is 10.2. The highest BCUT2D eigenvalue weighted by molar-refractivity contribution is 8.20. The number of nitrogens with zero attached hydrogens (tertiary/aromatic N) is 2. The Bertz CT molecular complexity index is 937. The van der Waals surface area contributed by atoms with Crippen molar-refractivity contribution in [2.24, 2.45) is 9.98 Å². The Labute approximate surface area is 238 Å². The molecule has 2 aliphatic heterocycles. The standard InChI is InChI=1S/C32H44N2O2S2/c1-3-5-7-9-11-13-23-35-27-19-15-25(16-20-27)29-33-31-32(37-29)34-30(38-31)26-17-21-28(22-18-26)36-24-14-12-10-8-6-4-2/h15-22,31-32H,3-14,23-24H2,1-2H3/t31-,32-/m1/s1. The summed E-state index contributed by atoms with van der Waals surface area (Å²) in [6, 6.07) is 16.8. The van der Waals surface area contributed by atoms with Gasteiger partial charge in [-0.3, -0.25) is 9.98 Å². The largest absolute Gasteiger partial charge is 0.494 e. The van der Waals surface area contributed by atoms with Crippen molar-refractivity contribution in [3.63, 3.8) is 0 Å². The molecule has 0 N–H and O–H groups in total. The Morgan fingerprint density at radius 2 is 0.895 bits per heavy atom. The molecular weight excluding hydrogens is 508 g/mol. The van der Waals surface area contributed by atoms with Crippen LogP contribution in [-0.4, -0.2) is 34.0 Å². The molecule has 2 aromatic carbocycles. The number of rotatable bonds is 18. The SMILES string of the molecule is CCCCCCCCOc1ccc(C2=N[C@@H]3SC(c4ccc(OCCCCCCCC)cc4)=N[C@@H]3S2)cc1. The van der Waals surface area contributed by atoms with Crippen LogP contribution in [-0.2, 0) is 0 Å². The van der Waals surface area contributed by atoms with Crippen molar-refractivity contribution < 1.29 is 9.47 Å². The van der Waals surface area contributed by atoms with E-state index in [0.717, 1.165) is 58.8 Å². The first-order valence-corrected chi connectivity index (χ1v) is 16.5. The highest BCUT2D eigenvalue weighted by Crippen LogP contribution is 2.43. The van der Waals surface area contributed by atoms with Gasteiger partial charge in [0.2, 0.25) is 0 Å². The van der Waals surface area contributed by atoms with E-state index >= 15 is 0 Å². The predicted molar refractivity (Wildman–Crippen MR) is 166 cm³/mol. The molecule has 0 aliphatic carbocycles. The molecule has 0 saturated carbocycles. The van der Waals surface area contributed by atoms with E-state index in [1.807, 2.05) is 0 Å². The van der Waals surface area contributed by atoms with Crippen LogP contribution in [0, 0.1) is 0 Å². The summed E-state index contributed by atoms with van der Waals surface area (Å²) in [7, 11) is 0. The van der Waals surface area contributed by atoms with Crippen molar-refractivity contribution >= 4 is 33.6 Å². The molecule has 6 heteroatoms. The quantitative estimate of drug-likeness (QED) is 0.173. The average molecular weight is 553 g/mol. The van der Waals surface area contributed by atoms with Crippen LogP contribution in [0.2, 0.25) is 0 Å². The number of thioether (sulfide) groups is 2. The van der Waals surface area contributed by atoms with E-state index < -0.39 is 0 Å². The molecule has 0 aromatic heterocycles. The highest BCUT2D eigenvalue weighted by Gasteiger charge is 2.37. The third kappa shape index (κ3) is 9.08. The maximum atomic E-state index is 5.94. The molecule has 2 atom stereocenters. The normalized spacial score (nSPS) is 18.3. The van der Waals surface area contributed by atoms with Gasteiger partial charge < -0.3 is 9.47 Å². The van der Waals surface area contributed by atoms with Crippen LogP contribution < -0.4 is 9.47 Å². The number of ether oxygens (including phenoxy) is 2. The van der Waals surface area contributed by atoms with Gasteiger partial charge in [0.25, 0.3) is 0 Å². The zero-order valence-electron chi connectivity index (χ0n) is 23.2. The van der Waals surface area contributed by atoms with Crippen LogP contribution in [0.3, 0.4) is 0 Å². The van der Waals surface area contributed by atoms with Crippen molar-refractivity contribution in [2.75, 3.05) is 13.2 Å². The van der Waals surface area contributed by atoms with Crippen molar-refractivity contribution in [3.8, 4) is 11.5 Å². The van der Waals surface area contributed by atoms with Crippen LogP contribution in [0.25, 0.3) is 0 Å². The molecule has 0 unspecified atom stereocenters. The molecular formula is C32H44N2O2S2. The van der Waals surface area contributed by atoms with Crippen LogP contribution in [0.1, 0.15) is 102 Å². The topological polar surface area (TPSA) is 43.2 Å². The first-order valence-electron chi connectivity index (χ1n) is 14.7. The number of hydrogen-bond donors (Lipinski definition) is 0. The van der Waals surface area contributed by atoms with Gasteiger partial charge in [0, 0.05) is 11.1 Å². The molecule has 2 aromatic rings. The van der Waals surface area contributed by atoms with E-state index in [4.69, 9.17) is 19.5 Å². The van der Waals surface area contributed by atoms with E-state index in [9.17, 15) is 0 Å². The molecule has 4 nitrogen and oxygen atoms in total. The van der Waals surface area contributed by atoms with Crippen LogP contribution in [0.5, 0.6) is 11.5 Å². The van der Waals surface area contributed by atoms with Gasteiger partial charge in [-0.1, -0.05) is 102 Å². The fourth-order valence-electron chi connectivity index (χ4n) is 4.63. The van der Waals surface area contributed by atoms with Crippen LogP contribution in [0.4, 0.5) is 0 Å². The number of benzene rings is 2. The molecule has 0 radical (unpaired) electrons. The van der Waals surface area contributed by atoms with Crippen LogP contribution >= 0.6 is 23.5 Å². The average Bonchev–Trinajstić information content (AvgIpc) is 3.53. The number of aliphatic imine (C=N–C) groups is 2. The summed E-state index contributed by atoms with van der Waals surface area (Å²) in [5.41, 5.74) is 2.31. The van der Waals surface area contributed by atoms with E-state index in [1.165, 1.54) is 64.2 Å². The van der Waals surface area contributed by atoms with Crippen molar-refractivity contribution in [2.45, 2.75) is 102 Å². The number of fused-ring (bicyclic) bond motifs is 1. The lowest BCUT2D eigenvalue weighted by atomic mass is 10.1. The summed E-state index contributed by atoms with van der Waals surface area (Å²) in [5.74, 6) is 1.89. The molecule has 2 aliphatic rings. The van der Waals surface area contributed by atoms with Crippen molar-refractivity contribution in [3.05, 3.63) is 59.7 Å². The minimum absolute atomic E-state index is 0.150. The van der Waals surface area contributed by atoms with Crippen molar-refractivity contribution in [1.29, 1.82) is 0 Å². The summed E-state index contributed by atoms with van der Waals surface area (Å²) in [4.78, 5) is 9.99. The molecule has 2 heterocycles. The molecule has 0 amide bonds. The van der Waals surface area contributed by atoms with Gasteiger partial charge in [0.05, 0.1) is 13.2 Å². The van der Waals surface area contributed by atoms with E-state index in [1.54, 1.807) is 23.5 Å². The Kier molecular flexibility index (Phi) is 12.4. The fourth-order valence-corrected chi connectivity index (χ4v) is 7.12. The number of unbranched alkanes of at least 4 members (excludes halogenated alkanes) is 10.